The molecule has 0 saturated carbocycles. The van der Waals surface area contributed by atoms with Crippen molar-refractivity contribution in [2.75, 3.05) is 31.3 Å². The molecule has 11 nitrogen and oxygen atoms in total. The fourth-order valence-electron chi connectivity index (χ4n) is 3.68. The van der Waals surface area contributed by atoms with E-state index in [-0.39, 0.29) is 48.2 Å². The summed E-state index contributed by atoms with van der Waals surface area (Å²) in [5, 5.41) is -0.0562. The fourth-order valence-corrected chi connectivity index (χ4v) is 3.99. The Bertz CT molecular complexity index is 1350. The average Bonchev–Trinajstić information content (AvgIpc) is 2.92. The SMILES string of the molecule is C=C(COC(=O)CC(=O)OCC)CN(C(=O)CC(=O)OCC)c1c(C(=O)OC(C)C)ncc(Cc2ccc(F)cc2)c1Cl. The first-order valence-electron chi connectivity index (χ1n) is 13.4. The molecule has 0 aliphatic heterocycles. The molecule has 0 aliphatic carbocycles. The second-order valence-corrected chi connectivity index (χ2v) is 9.78. The number of carbonyl (C=O) groups excluding carboxylic acids is 5. The maximum atomic E-state index is 13.5. The molecule has 2 aromatic rings. The van der Waals surface area contributed by atoms with Gasteiger partial charge in [-0.1, -0.05) is 30.3 Å². The first kappa shape index (κ1) is 34.9. The van der Waals surface area contributed by atoms with Crippen LogP contribution < -0.4 is 4.90 Å². The number of halogens is 2. The minimum atomic E-state index is -0.888. The van der Waals surface area contributed by atoms with Gasteiger partial charge in [0, 0.05) is 12.6 Å². The van der Waals surface area contributed by atoms with Gasteiger partial charge in [0.2, 0.25) is 5.91 Å². The Hall–Kier alpha value is -4.32. The van der Waals surface area contributed by atoms with Crippen molar-refractivity contribution in [2.45, 2.75) is 53.1 Å². The number of rotatable bonds is 15. The summed E-state index contributed by atoms with van der Waals surface area (Å²) in [6.07, 6.45) is -0.394. The molecule has 1 amide bonds. The lowest BCUT2D eigenvalue weighted by atomic mass is 10.0. The van der Waals surface area contributed by atoms with Gasteiger partial charge in [-0.15, -0.1) is 0 Å². The van der Waals surface area contributed by atoms with Crippen molar-refractivity contribution in [3.05, 3.63) is 70.3 Å². The van der Waals surface area contributed by atoms with Gasteiger partial charge in [0.15, 0.2) is 5.69 Å². The Labute approximate surface area is 253 Å². The van der Waals surface area contributed by atoms with Crippen LogP contribution in [0, 0.1) is 5.82 Å². The van der Waals surface area contributed by atoms with E-state index in [4.69, 9.17) is 30.5 Å². The normalized spacial score (nSPS) is 10.6. The van der Waals surface area contributed by atoms with Gasteiger partial charge in [0.25, 0.3) is 0 Å². The minimum absolute atomic E-state index is 0.0245. The molecule has 0 fully saturated rings. The van der Waals surface area contributed by atoms with Crippen LogP contribution >= 0.6 is 11.6 Å². The Morgan fingerprint density at radius 3 is 2.12 bits per heavy atom. The van der Waals surface area contributed by atoms with Gasteiger partial charge >= 0.3 is 23.9 Å². The summed E-state index contributed by atoms with van der Waals surface area (Å²) in [6, 6.07) is 5.63. The summed E-state index contributed by atoms with van der Waals surface area (Å²) in [5.74, 6) is -4.63. The average molecular weight is 621 g/mol. The summed E-state index contributed by atoms with van der Waals surface area (Å²) >= 11 is 6.81. The number of amides is 1. The Morgan fingerprint density at radius 2 is 1.53 bits per heavy atom. The minimum Gasteiger partial charge on any atom is -0.466 e. The first-order chi connectivity index (χ1) is 20.4. The molecule has 1 aromatic heterocycles. The van der Waals surface area contributed by atoms with Crippen molar-refractivity contribution in [1.82, 2.24) is 4.98 Å². The number of anilines is 1. The topological polar surface area (TPSA) is 138 Å². The van der Waals surface area contributed by atoms with Crippen LogP contribution in [0.3, 0.4) is 0 Å². The molecule has 43 heavy (non-hydrogen) atoms. The van der Waals surface area contributed by atoms with Crippen LogP contribution in [0.2, 0.25) is 5.02 Å². The third-order valence-corrected chi connectivity index (χ3v) is 5.91. The van der Waals surface area contributed by atoms with E-state index in [2.05, 4.69) is 11.6 Å². The van der Waals surface area contributed by atoms with Crippen LogP contribution in [0.25, 0.3) is 0 Å². The van der Waals surface area contributed by atoms with E-state index in [1.165, 1.54) is 18.3 Å². The standard InChI is InChI=1S/C30H34ClFN2O9/c1-6-40-24(36)13-23(35)34(16-19(5)17-42-26(38)14-25(37)41-7-2)29-27(31)21(12-20-8-10-22(32)11-9-20)15-33-28(29)30(39)43-18(3)4/h8-11,15,18H,5-7,12-14,16-17H2,1-4H3. The highest BCUT2D eigenvalue weighted by Crippen LogP contribution is 2.35. The maximum absolute atomic E-state index is 13.5. The quantitative estimate of drug-likeness (QED) is 0.122. The van der Waals surface area contributed by atoms with E-state index in [0.29, 0.717) is 11.1 Å². The maximum Gasteiger partial charge on any atom is 0.359 e. The number of benzene rings is 1. The lowest BCUT2D eigenvalue weighted by molar-refractivity contribution is -0.153. The van der Waals surface area contributed by atoms with E-state index in [1.54, 1.807) is 39.8 Å². The molecule has 1 heterocycles. The number of aromatic nitrogens is 1. The van der Waals surface area contributed by atoms with E-state index in [1.807, 2.05) is 0 Å². The molecular formula is C30H34ClFN2O9. The highest BCUT2D eigenvalue weighted by molar-refractivity contribution is 6.35. The van der Waals surface area contributed by atoms with Gasteiger partial charge in [-0.3, -0.25) is 19.2 Å². The zero-order chi connectivity index (χ0) is 32.1. The summed E-state index contributed by atoms with van der Waals surface area (Å²) < 4.78 is 33.5. The third-order valence-electron chi connectivity index (χ3n) is 5.49. The van der Waals surface area contributed by atoms with Crippen LogP contribution in [0.5, 0.6) is 0 Å². The molecule has 0 spiro atoms. The molecule has 1 aromatic carbocycles. The van der Waals surface area contributed by atoms with Crippen LogP contribution in [-0.2, 0) is 44.5 Å². The smallest absolute Gasteiger partial charge is 0.359 e. The molecule has 0 bridgehead atoms. The van der Waals surface area contributed by atoms with Crippen molar-refractivity contribution in [1.29, 1.82) is 0 Å². The molecule has 0 atom stereocenters. The summed E-state index contributed by atoms with van der Waals surface area (Å²) in [7, 11) is 0. The summed E-state index contributed by atoms with van der Waals surface area (Å²) in [6.45, 7) is 9.59. The molecule has 2 rings (SSSR count). The van der Waals surface area contributed by atoms with Gasteiger partial charge in [0.05, 0.1) is 36.6 Å². The lowest BCUT2D eigenvalue weighted by Crippen LogP contribution is -2.37. The molecule has 0 N–H and O–H groups in total. The van der Waals surface area contributed by atoms with Crippen molar-refractivity contribution in [3.8, 4) is 0 Å². The Kier molecular flexibility index (Phi) is 13.8. The largest absolute Gasteiger partial charge is 0.466 e. The van der Waals surface area contributed by atoms with Crippen LogP contribution in [0.4, 0.5) is 10.1 Å². The van der Waals surface area contributed by atoms with E-state index in [0.717, 1.165) is 4.90 Å². The number of esters is 4. The van der Waals surface area contributed by atoms with Crippen molar-refractivity contribution in [2.24, 2.45) is 0 Å². The van der Waals surface area contributed by atoms with E-state index < -0.39 is 61.2 Å². The Morgan fingerprint density at radius 1 is 0.953 bits per heavy atom. The van der Waals surface area contributed by atoms with Crippen molar-refractivity contribution < 1.29 is 47.3 Å². The number of pyridine rings is 1. The molecular weight excluding hydrogens is 587 g/mol. The third kappa shape index (κ3) is 11.1. The summed E-state index contributed by atoms with van der Waals surface area (Å²) in [5.41, 5.74) is 0.712. The number of ether oxygens (including phenoxy) is 4. The monoisotopic (exact) mass is 620 g/mol. The molecule has 232 valence electrons. The first-order valence-corrected chi connectivity index (χ1v) is 13.8. The second kappa shape index (κ2) is 17.0. The molecule has 0 radical (unpaired) electrons. The van der Waals surface area contributed by atoms with Crippen molar-refractivity contribution >= 4 is 47.1 Å². The number of carbonyl (C=O) groups is 5. The van der Waals surface area contributed by atoms with Crippen LogP contribution in [0.15, 0.2) is 42.6 Å². The second-order valence-electron chi connectivity index (χ2n) is 9.41. The fraction of sp³-hybridized carbons (Fsp3) is 0.400. The number of hydrogen-bond donors (Lipinski definition) is 0. The zero-order valence-electron chi connectivity index (χ0n) is 24.4. The number of nitrogens with zero attached hydrogens (tertiary/aromatic N) is 2. The van der Waals surface area contributed by atoms with E-state index in [9.17, 15) is 28.4 Å². The van der Waals surface area contributed by atoms with Gasteiger partial charge in [-0.2, -0.15) is 0 Å². The van der Waals surface area contributed by atoms with Crippen molar-refractivity contribution in [3.63, 3.8) is 0 Å². The molecule has 13 heteroatoms. The highest BCUT2D eigenvalue weighted by Gasteiger charge is 2.31. The Balaban J connectivity index is 2.52. The van der Waals surface area contributed by atoms with Crippen LogP contribution in [0.1, 0.15) is 62.2 Å². The highest BCUT2D eigenvalue weighted by atomic mass is 35.5. The molecule has 0 saturated heterocycles. The summed E-state index contributed by atoms with van der Waals surface area (Å²) in [4.78, 5) is 67.8. The molecule has 0 unspecified atom stereocenters. The van der Waals surface area contributed by atoms with Gasteiger partial charge in [-0.25, -0.2) is 14.2 Å². The molecule has 0 aliphatic rings. The van der Waals surface area contributed by atoms with E-state index >= 15 is 0 Å². The van der Waals surface area contributed by atoms with Crippen LogP contribution in [-0.4, -0.2) is 67.2 Å². The predicted octanol–water partition coefficient (Wildman–Crippen LogP) is 4.37. The van der Waals surface area contributed by atoms with Gasteiger partial charge in [-0.05, 0) is 56.5 Å². The lowest BCUT2D eigenvalue weighted by Gasteiger charge is -2.27. The zero-order valence-corrected chi connectivity index (χ0v) is 25.2. The van der Waals surface area contributed by atoms with Gasteiger partial charge < -0.3 is 23.8 Å². The van der Waals surface area contributed by atoms with Gasteiger partial charge in [0.1, 0.15) is 25.3 Å². The predicted molar refractivity (Wildman–Crippen MR) is 154 cm³/mol. The number of hydrogen-bond acceptors (Lipinski definition) is 10.